The Morgan fingerprint density at radius 2 is 1.33 bits per heavy atom. The summed E-state index contributed by atoms with van der Waals surface area (Å²) in [5.74, 6) is 1.63. The van der Waals surface area contributed by atoms with Crippen LogP contribution in [-0.2, 0) is 14.3 Å². The van der Waals surface area contributed by atoms with Gasteiger partial charge in [-0.05, 0) is 48.5 Å². The summed E-state index contributed by atoms with van der Waals surface area (Å²) in [6, 6.07) is 13.8. The van der Waals surface area contributed by atoms with Crippen molar-refractivity contribution in [3.05, 3.63) is 53.6 Å². The van der Waals surface area contributed by atoms with E-state index in [1.54, 1.807) is 48.5 Å². The molecule has 7 heteroatoms. The fraction of sp³-hybridized carbons (Fsp3) is 0.294. The summed E-state index contributed by atoms with van der Waals surface area (Å²) >= 11 is 5.83. The highest BCUT2D eigenvalue weighted by molar-refractivity contribution is 7.86. The number of hydrogen-bond acceptors (Lipinski definition) is 5. The van der Waals surface area contributed by atoms with Gasteiger partial charge in [0.05, 0.1) is 6.26 Å². The first kappa shape index (κ1) is 18.6. The minimum atomic E-state index is -3.60. The summed E-state index contributed by atoms with van der Waals surface area (Å²) in [5, 5.41) is 0.636. The fourth-order valence-corrected chi connectivity index (χ4v) is 2.53. The molecule has 0 saturated carbocycles. The van der Waals surface area contributed by atoms with Gasteiger partial charge in [0, 0.05) is 10.9 Å². The van der Waals surface area contributed by atoms with Crippen molar-refractivity contribution in [1.29, 1.82) is 0 Å². The van der Waals surface area contributed by atoms with Gasteiger partial charge in [0.1, 0.15) is 17.2 Å². The fourth-order valence-electron chi connectivity index (χ4n) is 1.80. The van der Waals surface area contributed by atoms with E-state index in [1.165, 1.54) is 0 Å². The van der Waals surface area contributed by atoms with Gasteiger partial charge in [-0.1, -0.05) is 25.4 Å². The normalized spacial score (nSPS) is 12.9. The molecular weight excluding hydrogens is 352 g/mol. The Balaban J connectivity index is 2.03. The highest BCUT2D eigenvalue weighted by Gasteiger charge is 2.21. The first-order chi connectivity index (χ1) is 11.2. The number of ether oxygens (including phenoxy) is 2. The molecule has 2 aromatic carbocycles. The van der Waals surface area contributed by atoms with E-state index in [1.807, 2.05) is 13.8 Å². The molecule has 2 rings (SSSR count). The third kappa shape index (κ3) is 6.03. The highest BCUT2D eigenvalue weighted by Crippen LogP contribution is 2.26. The Bertz CT molecular complexity index is 755. The molecule has 0 heterocycles. The molecule has 0 radical (unpaired) electrons. The zero-order chi connectivity index (χ0) is 17.7. The highest BCUT2D eigenvalue weighted by atomic mass is 35.5. The van der Waals surface area contributed by atoms with Crippen molar-refractivity contribution in [2.45, 2.75) is 20.1 Å². The van der Waals surface area contributed by atoms with E-state index >= 15 is 0 Å². The Kier molecular flexibility index (Phi) is 6.10. The van der Waals surface area contributed by atoms with Crippen molar-refractivity contribution in [2.24, 2.45) is 5.92 Å². The van der Waals surface area contributed by atoms with E-state index in [0.717, 1.165) is 6.26 Å². The Hall–Kier alpha value is -1.76. The van der Waals surface area contributed by atoms with Crippen LogP contribution in [-0.4, -0.2) is 21.0 Å². The van der Waals surface area contributed by atoms with Crippen molar-refractivity contribution in [2.75, 3.05) is 6.26 Å². The maximum Gasteiger partial charge on any atom is 0.267 e. The summed E-state index contributed by atoms with van der Waals surface area (Å²) in [6.07, 6.45) is 0.109. The summed E-state index contributed by atoms with van der Waals surface area (Å²) in [4.78, 5) is 0. The standard InChI is InChI=1S/C17H19ClO5S/c1-12(2)17(23-24(3,19)20)22-16-10-8-15(9-11-16)21-14-6-4-13(18)5-7-14/h4-12,17H,1-3H3. The molecule has 0 aromatic heterocycles. The van der Waals surface area contributed by atoms with E-state index in [9.17, 15) is 8.42 Å². The maximum absolute atomic E-state index is 11.3. The van der Waals surface area contributed by atoms with E-state index in [0.29, 0.717) is 22.3 Å². The molecule has 0 N–H and O–H groups in total. The average molecular weight is 371 g/mol. The van der Waals surface area contributed by atoms with Crippen LogP contribution in [0.3, 0.4) is 0 Å². The van der Waals surface area contributed by atoms with Gasteiger partial charge < -0.3 is 9.47 Å². The molecule has 0 amide bonds. The van der Waals surface area contributed by atoms with Crippen LogP contribution in [0.4, 0.5) is 0 Å². The predicted octanol–water partition coefficient (Wildman–Crippen LogP) is 4.47. The van der Waals surface area contributed by atoms with Crippen LogP contribution in [0.2, 0.25) is 5.02 Å². The van der Waals surface area contributed by atoms with Crippen LogP contribution < -0.4 is 9.47 Å². The van der Waals surface area contributed by atoms with E-state index in [-0.39, 0.29) is 5.92 Å². The lowest BCUT2D eigenvalue weighted by atomic mass is 10.2. The second kappa shape index (κ2) is 7.88. The van der Waals surface area contributed by atoms with Crippen LogP contribution in [0.25, 0.3) is 0 Å². The van der Waals surface area contributed by atoms with Gasteiger partial charge in [0.25, 0.3) is 10.1 Å². The summed E-state index contributed by atoms with van der Waals surface area (Å²) in [7, 11) is -3.60. The van der Waals surface area contributed by atoms with Gasteiger partial charge in [0.2, 0.25) is 6.29 Å². The van der Waals surface area contributed by atoms with Crippen LogP contribution in [0.1, 0.15) is 13.8 Å². The molecule has 0 aliphatic rings. The maximum atomic E-state index is 11.3. The third-order valence-electron chi connectivity index (χ3n) is 2.94. The average Bonchev–Trinajstić information content (AvgIpc) is 2.49. The lowest BCUT2D eigenvalue weighted by Crippen LogP contribution is -2.29. The molecule has 130 valence electrons. The number of rotatable bonds is 7. The van der Waals surface area contributed by atoms with Crippen molar-refractivity contribution in [1.82, 2.24) is 0 Å². The Labute approximate surface area is 147 Å². The molecule has 0 aliphatic heterocycles. The van der Waals surface area contributed by atoms with Gasteiger partial charge in [-0.3, -0.25) is 0 Å². The van der Waals surface area contributed by atoms with Crippen LogP contribution in [0, 0.1) is 5.92 Å². The van der Waals surface area contributed by atoms with Crippen LogP contribution >= 0.6 is 11.6 Å². The third-order valence-corrected chi connectivity index (χ3v) is 3.73. The molecule has 0 bridgehead atoms. The van der Waals surface area contributed by atoms with E-state index in [2.05, 4.69) is 0 Å². The van der Waals surface area contributed by atoms with Gasteiger partial charge >= 0.3 is 0 Å². The van der Waals surface area contributed by atoms with Crippen molar-refractivity contribution in [3.8, 4) is 17.2 Å². The number of benzene rings is 2. The summed E-state index contributed by atoms with van der Waals surface area (Å²) in [5.41, 5.74) is 0. The van der Waals surface area contributed by atoms with Gasteiger partial charge in [0.15, 0.2) is 0 Å². The first-order valence-corrected chi connectivity index (χ1v) is 9.51. The Morgan fingerprint density at radius 3 is 1.79 bits per heavy atom. The smallest absolute Gasteiger partial charge is 0.267 e. The largest absolute Gasteiger partial charge is 0.463 e. The first-order valence-electron chi connectivity index (χ1n) is 7.31. The summed E-state index contributed by atoms with van der Waals surface area (Å²) < 4.78 is 38.8. The van der Waals surface area contributed by atoms with Crippen LogP contribution in [0.15, 0.2) is 48.5 Å². The number of hydrogen-bond donors (Lipinski definition) is 0. The zero-order valence-corrected chi connectivity index (χ0v) is 15.2. The topological polar surface area (TPSA) is 61.8 Å². The molecule has 2 aromatic rings. The van der Waals surface area contributed by atoms with E-state index < -0.39 is 16.4 Å². The molecule has 0 spiro atoms. The second-order valence-electron chi connectivity index (χ2n) is 5.56. The van der Waals surface area contributed by atoms with Crippen molar-refractivity contribution >= 4 is 21.7 Å². The molecular formula is C17H19ClO5S. The van der Waals surface area contributed by atoms with Crippen molar-refractivity contribution < 1.29 is 22.1 Å². The van der Waals surface area contributed by atoms with E-state index in [4.69, 9.17) is 25.3 Å². The molecule has 5 nitrogen and oxygen atoms in total. The van der Waals surface area contributed by atoms with Gasteiger partial charge in [-0.25, -0.2) is 4.18 Å². The monoisotopic (exact) mass is 370 g/mol. The molecule has 24 heavy (non-hydrogen) atoms. The minimum Gasteiger partial charge on any atom is -0.463 e. The quantitative estimate of drug-likeness (QED) is 0.531. The molecule has 1 atom stereocenters. The summed E-state index contributed by atoms with van der Waals surface area (Å²) in [6.45, 7) is 3.63. The van der Waals surface area contributed by atoms with Gasteiger partial charge in [-0.2, -0.15) is 8.42 Å². The Morgan fingerprint density at radius 1 is 0.875 bits per heavy atom. The molecule has 0 aliphatic carbocycles. The SMILES string of the molecule is CC(C)C(Oc1ccc(Oc2ccc(Cl)cc2)cc1)OS(C)(=O)=O. The predicted molar refractivity (Wildman–Crippen MR) is 93.2 cm³/mol. The molecule has 1 unspecified atom stereocenters. The molecule has 0 saturated heterocycles. The molecule has 0 fully saturated rings. The van der Waals surface area contributed by atoms with Crippen LogP contribution in [0.5, 0.6) is 17.2 Å². The number of halogens is 1. The van der Waals surface area contributed by atoms with Gasteiger partial charge in [-0.15, -0.1) is 0 Å². The van der Waals surface area contributed by atoms with Crippen molar-refractivity contribution in [3.63, 3.8) is 0 Å². The lowest BCUT2D eigenvalue weighted by molar-refractivity contribution is -0.0240. The lowest BCUT2D eigenvalue weighted by Gasteiger charge is -2.21. The zero-order valence-electron chi connectivity index (χ0n) is 13.6. The second-order valence-corrected chi connectivity index (χ2v) is 7.60. The minimum absolute atomic E-state index is 0.135.